The number of hydrogen-bond donors (Lipinski definition) is 3. The third-order valence-corrected chi connectivity index (χ3v) is 7.23. The Labute approximate surface area is 200 Å². The molecule has 0 radical (unpaired) electrons. The SMILES string of the molecule is Cc1noc(C)c1NC(=O)N1C[C@@H](O)COC[C@@H]2O[C@H](CC(=O)NCC3CCCCC3)CC[C@H]21. The first-order valence-corrected chi connectivity index (χ1v) is 12.6. The van der Waals surface area contributed by atoms with Gasteiger partial charge in [-0.05, 0) is 45.4 Å². The van der Waals surface area contributed by atoms with Crippen molar-refractivity contribution in [3.63, 3.8) is 0 Å². The molecule has 4 rings (SSSR count). The first-order valence-electron chi connectivity index (χ1n) is 12.6. The number of nitrogens with one attached hydrogen (secondary N) is 2. The number of β-amino-alcohol motifs (C(OH)–C–C–N with tert-alkyl or cyclic N) is 1. The first kappa shape index (κ1) is 24.9. The predicted molar refractivity (Wildman–Crippen MR) is 124 cm³/mol. The Kier molecular flexibility index (Phi) is 8.44. The summed E-state index contributed by atoms with van der Waals surface area (Å²) in [5.74, 6) is 1.13. The minimum atomic E-state index is -0.792. The van der Waals surface area contributed by atoms with Crippen LogP contribution in [0, 0.1) is 19.8 Å². The van der Waals surface area contributed by atoms with E-state index in [4.69, 9.17) is 14.0 Å². The second kappa shape index (κ2) is 11.5. The Morgan fingerprint density at radius 3 is 2.65 bits per heavy atom. The number of aryl methyl sites for hydroxylation is 2. The molecule has 0 bridgehead atoms. The van der Waals surface area contributed by atoms with E-state index in [-0.39, 0.29) is 49.9 Å². The van der Waals surface area contributed by atoms with Crippen LogP contribution in [-0.4, -0.2) is 77.8 Å². The lowest BCUT2D eigenvalue weighted by atomic mass is 9.89. The van der Waals surface area contributed by atoms with Crippen LogP contribution in [0.4, 0.5) is 10.5 Å². The first-order chi connectivity index (χ1) is 16.4. The van der Waals surface area contributed by atoms with Crippen molar-refractivity contribution < 1.29 is 28.7 Å². The van der Waals surface area contributed by atoms with E-state index in [1.54, 1.807) is 18.7 Å². The summed E-state index contributed by atoms with van der Waals surface area (Å²) in [7, 11) is 0. The molecular formula is C24H38N4O6. The monoisotopic (exact) mass is 478 g/mol. The molecule has 3 aliphatic rings. The molecule has 3 N–H and O–H groups in total. The highest BCUT2D eigenvalue weighted by atomic mass is 16.5. The second-order valence-electron chi connectivity index (χ2n) is 9.93. The molecule has 2 aliphatic heterocycles. The largest absolute Gasteiger partial charge is 0.389 e. The summed E-state index contributed by atoms with van der Waals surface area (Å²) < 4.78 is 17.1. The van der Waals surface area contributed by atoms with Gasteiger partial charge in [0.25, 0.3) is 0 Å². The van der Waals surface area contributed by atoms with Crippen LogP contribution in [0.3, 0.4) is 0 Å². The van der Waals surface area contributed by atoms with Crippen molar-refractivity contribution in [3.05, 3.63) is 11.5 Å². The van der Waals surface area contributed by atoms with Crippen LogP contribution in [0.2, 0.25) is 0 Å². The Bertz CT molecular complexity index is 820. The van der Waals surface area contributed by atoms with Gasteiger partial charge in [-0.25, -0.2) is 4.79 Å². The summed E-state index contributed by atoms with van der Waals surface area (Å²) in [5.41, 5.74) is 1.14. The Balaban J connectivity index is 1.35. The molecule has 0 aromatic carbocycles. The molecule has 2 saturated heterocycles. The Morgan fingerprint density at radius 1 is 1.12 bits per heavy atom. The minimum Gasteiger partial charge on any atom is -0.389 e. The number of aliphatic hydroxyl groups is 1. The van der Waals surface area contributed by atoms with Crippen molar-refractivity contribution in [2.24, 2.45) is 5.92 Å². The molecule has 0 unspecified atom stereocenters. The highest BCUT2D eigenvalue weighted by molar-refractivity contribution is 5.90. The van der Waals surface area contributed by atoms with Gasteiger partial charge in [0.05, 0.1) is 44.4 Å². The number of carbonyl (C=O) groups is 2. The molecule has 1 aromatic rings. The lowest BCUT2D eigenvalue weighted by molar-refractivity contribution is -0.149. The fourth-order valence-corrected chi connectivity index (χ4v) is 5.34. The fraction of sp³-hybridized carbons (Fsp3) is 0.792. The van der Waals surface area contributed by atoms with Gasteiger partial charge in [-0.15, -0.1) is 0 Å². The quantitative estimate of drug-likeness (QED) is 0.594. The highest BCUT2D eigenvalue weighted by Crippen LogP contribution is 2.29. The molecule has 10 nitrogen and oxygen atoms in total. The normalized spacial score (nSPS) is 28.5. The summed E-state index contributed by atoms with van der Waals surface area (Å²) in [6.07, 6.45) is 6.45. The van der Waals surface area contributed by atoms with Gasteiger partial charge in [0.1, 0.15) is 17.5 Å². The van der Waals surface area contributed by atoms with Gasteiger partial charge in [-0.1, -0.05) is 24.4 Å². The maximum Gasteiger partial charge on any atom is 0.322 e. The number of aromatic nitrogens is 1. The molecule has 34 heavy (non-hydrogen) atoms. The van der Waals surface area contributed by atoms with Crippen LogP contribution in [0.1, 0.15) is 62.8 Å². The molecular weight excluding hydrogens is 440 g/mol. The van der Waals surface area contributed by atoms with Crippen LogP contribution < -0.4 is 10.6 Å². The molecule has 4 atom stereocenters. The molecule has 3 amide bonds. The standard InChI is InChI=1S/C24H38N4O6/c1-15-23(16(2)34-27-15)26-24(31)28-12-18(29)13-32-14-21-20(28)9-8-19(33-21)10-22(30)25-11-17-6-4-3-5-7-17/h17-21,29H,3-14H2,1-2H3,(H,25,30)(H,26,31)/t18-,19+,20-,21+/m1/s1. The molecule has 1 saturated carbocycles. The van der Waals surface area contributed by atoms with Gasteiger partial charge in [0, 0.05) is 6.54 Å². The number of hydrogen-bond acceptors (Lipinski definition) is 7. The number of rotatable bonds is 5. The average Bonchev–Trinajstić information content (AvgIpc) is 3.13. The van der Waals surface area contributed by atoms with Gasteiger partial charge in [-0.2, -0.15) is 0 Å². The summed E-state index contributed by atoms with van der Waals surface area (Å²) in [6.45, 7) is 4.76. The molecule has 10 heteroatoms. The van der Waals surface area contributed by atoms with Gasteiger partial charge < -0.3 is 34.6 Å². The van der Waals surface area contributed by atoms with E-state index < -0.39 is 6.10 Å². The van der Waals surface area contributed by atoms with Crippen molar-refractivity contribution in [2.75, 3.05) is 31.6 Å². The second-order valence-corrected chi connectivity index (χ2v) is 9.93. The third kappa shape index (κ3) is 6.28. The maximum atomic E-state index is 13.2. The molecule has 0 spiro atoms. The van der Waals surface area contributed by atoms with Crippen molar-refractivity contribution in [3.8, 4) is 0 Å². The van der Waals surface area contributed by atoms with Crippen LogP contribution >= 0.6 is 0 Å². The topological polar surface area (TPSA) is 126 Å². The maximum absolute atomic E-state index is 13.2. The van der Waals surface area contributed by atoms with Crippen LogP contribution in [0.5, 0.6) is 0 Å². The molecule has 3 heterocycles. The van der Waals surface area contributed by atoms with Crippen molar-refractivity contribution in [1.82, 2.24) is 15.4 Å². The predicted octanol–water partition coefficient (Wildman–Crippen LogP) is 2.52. The van der Waals surface area contributed by atoms with Gasteiger partial charge in [-0.3, -0.25) is 4.79 Å². The molecule has 3 fully saturated rings. The van der Waals surface area contributed by atoms with E-state index in [1.807, 2.05) is 0 Å². The zero-order chi connectivity index (χ0) is 24.1. The fourth-order valence-electron chi connectivity index (χ4n) is 5.34. The zero-order valence-electron chi connectivity index (χ0n) is 20.3. The lowest BCUT2D eigenvalue weighted by Gasteiger charge is -2.44. The summed E-state index contributed by atoms with van der Waals surface area (Å²) in [4.78, 5) is 27.4. The van der Waals surface area contributed by atoms with Gasteiger partial charge in [0.2, 0.25) is 5.91 Å². The van der Waals surface area contributed by atoms with E-state index in [0.717, 1.165) is 6.54 Å². The van der Waals surface area contributed by atoms with Crippen LogP contribution in [-0.2, 0) is 14.3 Å². The molecule has 190 valence electrons. The third-order valence-electron chi connectivity index (χ3n) is 7.23. The van der Waals surface area contributed by atoms with Crippen molar-refractivity contribution >= 4 is 17.6 Å². The Hall–Kier alpha value is -2.17. The number of ether oxygens (including phenoxy) is 2. The Morgan fingerprint density at radius 2 is 1.91 bits per heavy atom. The van der Waals surface area contributed by atoms with E-state index in [2.05, 4.69) is 15.8 Å². The number of aliphatic hydroxyl groups excluding tert-OH is 1. The number of carbonyl (C=O) groups excluding carboxylic acids is 2. The lowest BCUT2D eigenvalue weighted by Crippen LogP contribution is -2.58. The van der Waals surface area contributed by atoms with Gasteiger partial charge in [0.15, 0.2) is 5.76 Å². The number of amides is 3. The molecule has 1 aromatic heterocycles. The summed E-state index contributed by atoms with van der Waals surface area (Å²) in [6, 6.07) is -0.602. The number of anilines is 1. The minimum absolute atomic E-state index is 0.0178. The number of fused-ring (bicyclic) bond motifs is 1. The van der Waals surface area contributed by atoms with E-state index in [1.165, 1.54) is 32.1 Å². The smallest absolute Gasteiger partial charge is 0.322 e. The number of urea groups is 1. The van der Waals surface area contributed by atoms with Crippen molar-refractivity contribution in [1.29, 1.82) is 0 Å². The van der Waals surface area contributed by atoms with Crippen molar-refractivity contribution in [2.45, 2.75) is 89.6 Å². The number of nitrogens with zero attached hydrogens (tertiary/aromatic N) is 2. The van der Waals surface area contributed by atoms with Crippen LogP contribution in [0.25, 0.3) is 0 Å². The van der Waals surface area contributed by atoms with E-state index in [9.17, 15) is 14.7 Å². The molecule has 1 aliphatic carbocycles. The van der Waals surface area contributed by atoms with E-state index in [0.29, 0.717) is 42.3 Å². The zero-order valence-corrected chi connectivity index (χ0v) is 20.3. The van der Waals surface area contributed by atoms with Gasteiger partial charge >= 0.3 is 6.03 Å². The summed E-state index contributed by atoms with van der Waals surface area (Å²) >= 11 is 0. The van der Waals surface area contributed by atoms with E-state index >= 15 is 0 Å². The van der Waals surface area contributed by atoms with Crippen LogP contribution in [0.15, 0.2) is 4.52 Å². The highest BCUT2D eigenvalue weighted by Gasteiger charge is 2.40. The summed E-state index contributed by atoms with van der Waals surface area (Å²) in [5, 5.41) is 20.2. The average molecular weight is 479 g/mol.